The van der Waals surface area contributed by atoms with E-state index >= 15 is 0 Å². The lowest BCUT2D eigenvalue weighted by atomic mass is 10.1. The number of rotatable bonds is 5. The van der Waals surface area contributed by atoms with Crippen molar-refractivity contribution < 1.29 is 23.9 Å². The Bertz CT molecular complexity index is 724. The predicted octanol–water partition coefficient (Wildman–Crippen LogP) is 1.71. The summed E-state index contributed by atoms with van der Waals surface area (Å²) in [6, 6.07) is -0.687. The molecule has 1 heterocycles. The number of amides is 4. The molecule has 1 saturated carbocycles. The first-order valence-electron chi connectivity index (χ1n) is 7.89. The van der Waals surface area contributed by atoms with E-state index in [2.05, 4.69) is 10.6 Å². The summed E-state index contributed by atoms with van der Waals surface area (Å²) in [5.41, 5.74) is 0.941. The largest absolute Gasteiger partial charge is 0.449 e. The van der Waals surface area contributed by atoms with Gasteiger partial charge in [-0.2, -0.15) is 0 Å². The summed E-state index contributed by atoms with van der Waals surface area (Å²) < 4.78 is 5.16. The summed E-state index contributed by atoms with van der Waals surface area (Å²) in [5.74, 6) is -1.56. The highest BCUT2D eigenvalue weighted by Crippen LogP contribution is 2.36. The van der Waals surface area contributed by atoms with Crippen LogP contribution in [0.15, 0.2) is 0 Å². The van der Waals surface area contributed by atoms with Gasteiger partial charge in [-0.3, -0.25) is 14.9 Å². The predicted molar refractivity (Wildman–Crippen MR) is 92.6 cm³/mol. The molecular formula is C16H21N3O5S. The van der Waals surface area contributed by atoms with Crippen LogP contribution in [-0.2, 0) is 14.3 Å². The molecule has 1 aliphatic carbocycles. The molecule has 0 spiro atoms. The molecule has 1 aromatic rings. The first kappa shape index (κ1) is 18.9. The Balaban J connectivity index is 2.11. The number of esters is 1. The molecule has 0 aliphatic heterocycles. The van der Waals surface area contributed by atoms with E-state index < -0.39 is 24.0 Å². The van der Waals surface area contributed by atoms with Crippen LogP contribution in [0.1, 0.15) is 40.6 Å². The number of ether oxygens (including phenoxy) is 1. The number of carbonyl (C=O) groups is 4. The molecule has 1 unspecified atom stereocenters. The highest BCUT2D eigenvalue weighted by molar-refractivity contribution is 7.16. The van der Waals surface area contributed by atoms with E-state index in [1.54, 1.807) is 6.92 Å². The number of carbonyl (C=O) groups excluding carboxylic acids is 4. The van der Waals surface area contributed by atoms with E-state index in [0.717, 1.165) is 17.7 Å². The van der Waals surface area contributed by atoms with Crippen LogP contribution >= 0.6 is 11.3 Å². The van der Waals surface area contributed by atoms with E-state index in [1.165, 1.54) is 25.3 Å². The number of hydrogen-bond acceptors (Lipinski definition) is 6. The third-order valence-corrected chi connectivity index (χ3v) is 5.01. The Morgan fingerprint density at radius 3 is 2.40 bits per heavy atom. The topological polar surface area (TPSA) is 114 Å². The van der Waals surface area contributed by atoms with Gasteiger partial charge in [0.25, 0.3) is 5.91 Å². The molecule has 136 valence electrons. The second-order valence-electron chi connectivity index (χ2n) is 5.87. The molecule has 3 N–H and O–H groups in total. The highest BCUT2D eigenvalue weighted by atomic mass is 32.1. The summed E-state index contributed by atoms with van der Waals surface area (Å²) in [6.07, 6.45) is 0.550. The Morgan fingerprint density at radius 2 is 1.84 bits per heavy atom. The smallest absolute Gasteiger partial charge is 0.342 e. The van der Waals surface area contributed by atoms with E-state index in [1.807, 2.05) is 12.2 Å². The van der Waals surface area contributed by atoms with Gasteiger partial charge in [0.1, 0.15) is 5.00 Å². The van der Waals surface area contributed by atoms with Crippen LogP contribution in [0.2, 0.25) is 0 Å². The third-order valence-electron chi connectivity index (χ3n) is 3.89. The van der Waals surface area contributed by atoms with Crippen molar-refractivity contribution in [2.24, 2.45) is 5.92 Å². The zero-order chi connectivity index (χ0) is 18.7. The average molecular weight is 367 g/mol. The van der Waals surface area contributed by atoms with Gasteiger partial charge in [0.05, 0.1) is 5.56 Å². The van der Waals surface area contributed by atoms with E-state index in [-0.39, 0.29) is 17.4 Å². The lowest BCUT2D eigenvalue weighted by molar-refractivity contribution is -0.128. The molecule has 0 radical (unpaired) electrons. The quantitative estimate of drug-likeness (QED) is 0.686. The van der Waals surface area contributed by atoms with Gasteiger partial charge in [-0.1, -0.05) is 0 Å². The van der Waals surface area contributed by atoms with Crippen molar-refractivity contribution in [3.63, 3.8) is 0 Å². The fourth-order valence-electron chi connectivity index (χ4n) is 2.07. The zero-order valence-electron chi connectivity index (χ0n) is 14.5. The second-order valence-corrected chi connectivity index (χ2v) is 7.09. The van der Waals surface area contributed by atoms with Crippen molar-refractivity contribution >= 4 is 40.2 Å². The maximum Gasteiger partial charge on any atom is 0.342 e. The lowest BCUT2D eigenvalue weighted by Crippen LogP contribution is -2.43. The molecule has 0 saturated heterocycles. The average Bonchev–Trinajstić information content (AvgIpc) is 3.35. The lowest BCUT2D eigenvalue weighted by Gasteiger charge is -2.13. The summed E-state index contributed by atoms with van der Waals surface area (Å²) in [4.78, 5) is 48.3. The number of thiophene rings is 1. The molecule has 0 aromatic carbocycles. The van der Waals surface area contributed by atoms with Crippen LogP contribution in [0.25, 0.3) is 0 Å². The molecule has 8 nitrogen and oxygen atoms in total. The summed E-state index contributed by atoms with van der Waals surface area (Å²) >= 11 is 1.30. The Labute approximate surface area is 149 Å². The van der Waals surface area contributed by atoms with Crippen LogP contribution in [0.3, 0.4) is 0 Å². The van der Waals surface area contributed by atoms with Crippen molar-refractivity contribution in [3.8, 4) is 0 Å². The molecule has 25 heavy (non-hydrogen) atoms. The zero-order valence-corrected chi connectivity index (χ0v) is 15.3. The van der Waals surface area contributed by atoms with Gasteiger partial charge in [0.15, 0.2) is 6.10 Å². The summed E-state index contributed by atoms with van der Waals surface area (Å²) in [6.45, 7) is 4.96. The van der Waals surface area contributed by atoms with Crippen LogP contribution < -0.4 is 16.0 Å². The minimum absolute atomic E-state index is 0.00356. The first-order chi connectivity index (χ1) is 11.7. The van der Waals surface area contributed by atoms with Gasteiger partial charge in [-0.25, -0.2) is 9.59 Å². The second kappa shape index (κ2) is 7.64. The molecule has 1 fully saturated rings. The molecule has 1 atom stereocenters. The third kappa shape index (κ3) is 4.56. The standard InChI is InChI=1S/C16H21N3O5S/c1-7-9(3)25-14(18-13(21)10-5-6-10)11(7)15(22)24-8(2)12(20)19-16(23)17-4/h8,10H,5-6H2,1-4H3,(H,18,21)(H2,17,19,20,23). The number of nitrogens with one attached hydrogen (secondary N) is 3. The van der Waals surface area contributed by atoms with Crippen molar-refractivity contribution in [2.75, 3.05) is 12.4 Å². The van der Waals surface area contributed by atoms with Crippen molar-refractivity contribution in [2.45, 2.75) is 39.7 Å². The van der Waals surface area contributed by atoms with Crippen LogP contribution in [0.5, 0.6) is 0 Å². The highest BCUT2D eigenvalue weighted by Gasteiger charge is 2.32. The Hall–Kier alpha value is -2.42. The molecule has 1 aliphatic rings. The van der Waals surface area contributed by atoms with Crippen LogP contribution in [0.4, 0.5) is 9.80 Å². The molecule has 0 bridgehead atoms. The monoisotopic (exact) mass is 367 g/mol. The number of aryl methyl sites for hydroxylation is 1. The molecule has 9 heteroatoms. The minimum Gasteiger partial charge on any atom is -0.449 e. The van der Waals surface area contributed by atoms with Gasteiger partial charge < -0.3 is 15.4 Å². The van der Waals surface area contributed by atoms with Crippen molar-refractivity contribution in [3.05, 3.63) is 16.0 Å². The van der Waals surface area contributed by atoms with Gasteiger partial charge in [0.2, 0.25) is 5.91 Å². The number of anilines is 1. The van der Waals surface area contributed by atoms with Crippen molar-refractivity contribution in [1.82, 2.24) is 10.6 Å². The molecule has 4 amide bonds. The van der Waals surface area contributed by atoms with E-state index in [0.29, 0.717) is 10.6 Å². The fourth-order valence-corrected chi connectivity index (χ4v) is 3.12. The van der Waals surface area contributed by atoms with E-state index in [9.17, 15) is 19.2 Å². The number of hydrogen-bond donors (Lipinski definition) is 3. The molecular weight excluding hydrogens is 346 g/mol. The number of imide groups is 1. The normalized spacial score (nSPS) is 14.4. The Morgan fingerprint density at radius 1 is 1.20 bits per heavy atom. The van der Waals surface area contributed by atoms with Crippen molar-refractivity contribution in [1.29, 1.82) is 0 Å². The number of urea groups is 1. The van der Waals surface area contributed by atoms with E-state index in [4.69, 9.17) is 4.74 Å². The van der Waals surface area contributed by atoms with Crippen LogP contribution in [0, 0.1) is 19.8 Å². The SMILES string of the molecule is CNC(=O)NC(=O)C(C)OC(=O)c1c(NC(=O)C2CC2)sc(C)c1C. The molecule has 1 aromatic heterocycles. The maximum atomic E-state index is 12.5. The summed E-state index contributed by atoms with van der Waals surface area (Å²) in [5, 5.41) is 7.48. The van der Waals surface area contributed by atoms with Gasteiger partial charge >= 0.3 is 12.0 Å². The van der Waals surface area contributed by atoms with Crippen LogP contribution in [-0.4, -0.2) is 37.0 Å². The van der Waals surface area contributed by atoms with Gasteiger partial charge in [-0.15, -0.1) is 11.3 Å². The van der Waals surface area contributed by atoms with Gasteiger partial charge in [-0.05, 0) is 39.2 Å². The molecule has 2 rings (SSSR count). The minimum atomic E-state index is -1.16. The first-order valence-corrected chi connectivity index (χ1v) is 8.70. The Kier molecular flexibility index (Phi) is 5.78. The summed E-state index contributed by atoms with van der Waals surface area (Å²) in [7, 11) is 1.37. The maximum absolute atomic E-state index is 12.5. The fraction of sp³-hybridized carbons (Fsp3) is 0.500. The van der Waals surface area contributed by atoms with Gasteiger partial charge in [0, 0.05) is 17.8 Å².